The Morgan fingerprint density at radius 1 is 1.62 bits per heavy atom. The molecule has 0 saturated heterocycles. The highest BCUT2D eigenvalue weighted by Crippen LogP contribution is 2.12. The molecule has 1 atom stereocenters. The number of hydrogen-bond acceptors (Lipinski definition) is 2. The summed E-state index contributed by atoms with van der Waals surface area (Å²) >= 11 is 0. The van der Waals surface area contributed by atoms with E-state index in [4.69, 9.17) is 0 Å². The van der Waals surface area contributed by atoms with E-state index < -0.39 is 0 Å². The molecule has 0 aromatic carbocycles. The number of rotatable bonds is 4. The Labute approximate surface area is 79.7 Å². The summed E-state index contributed by atoms with van der Waals surface area (Å²) in [5.41, 5.74) is 2.21. The van der Waals surface area contributed by atoms with E-state index in [1.807, 2.05) is 25.3 Å². The van der Waals surface area contributed by atoms with Gasteiger partial charge in [-0.3, -0.25) is 4.98 Å². The lowest BCUT2D eigenvalue weighted by atomic mass is 10.1. The summed E-state index contributed by atoms with van der Waals surface area (Å²) in [6.45, 7) is 8.79. The molecular weight excluding hydrogens is 160 g/mol. The van der Waals surface area contributed by atoms with Crippen LogP contribution in [0.4, 0.5) is 0 Å². The zero-order valence-electron chi connectivity index (χ0n) is 8.25. The van der Waals surface area contributed by atoms with Crippen LogP contribution in [0, 0.1) is 6.92 Å². The fraction of sp³-hybridized carbons (Fsp3) is 0.364. The van der Waals surface area contributed by atoms with Crippen molar-refractivity contribution in [2.45, 2.75) is 19.9 Å². The lowest BCUT2D eigenvalue weighted by molar-refractivity contribution is 0.646. The molecular formula is C11H16N2. The van der Waals surface area contributed by atoms with Gasteiger partial charge in [0.1, 0.15) is 0 Å². The second kappa shape index (κ2) is 4.77. The lowest BCUT2D eigenvalue weighted by Gasteiger charge is -2.12. The van der Waals surface area contributed by atoms with Crippen LogP contribution in [0.3, 0.4) is 0 Å². The molecule has 0 aliphatic carbocycles. The summed E-state index contributed by atoms with van der Waals surface area (Å²) < 4.78 is 0. The first-order valence-corrected chi connectivity index (χ1v) is 4.56. The number of hydrogen-bond donors (Lipinski definition) is 1. The molecule has 2 heteroatoms. The Kier molecular flexibility index (Phi) is 3.65. The maximum atomic E-state index is 4.24. The smallest absolute Gasteiger partial charge is 0.0518 e. The first-order chi connectivity index (χ1) is 6.27. The summed E-state index contributed by atoms with van der Waals surface area (Å²) in [5, 5.41) is 3.31. The number of pyridine rings is 1. The van der Waals surface area contributed by atoms with E-state index in [-0.39, 0.29) is 6.04 Å². The number of aryl methyl sites for hydroxylation is 1. The van der Waals surface area contributed by atoms with Crippen molar-refractivity contribution in [1.82, 2.24) is 10.3 Å². The van der Waals surface area contributed by atoms with Crippen LogP contribution in [0.1, 0.15) is 24.2 Å². The van der Waals surface area contributed by atoms with E-state index in [0.29, 0.717) is 0 Å². The standard InChI is InChI=1S/C11H16N2/c1-4-11(12-5-2)10-7-6-9(3)13-8-10/h4,6-8,11-12H,1,5H2,2-3H3. The van der Waals surface area contributed by atoms with Crippen molar-refractivity contribution in [3.63, 3.8) is 0 Å². The molecule has 1 aromatic rings. The Bertz CT molecular complexity index is 264. The van der Waals surface area contributed by atoms with Crippen molar-refractivity contribution >= 4 is 0 Å². The fourth-order valence-electron chi connectivity index (χ4n) is 1.22. The number of nitrogens with one attached hydrogen (secondary N) is 1. The molecule has 1 rings (SSSR count). The van der Waals surface area contributed by atoms with Crippen molar-refractivity contribution in [3.05, 3.63) is 42.2 Å². The molecule has 0 amide bonds. The van der Waals surface area contributed by atoms with Gasteiger partial charge in [0.2, 0.25) is 0 Å². The van der Waals surface area contributed by atoms with Gasteiger partial charge in [-0.1, -0.05) is 19.1 Å². The average Bonchev–Trinajstić information content (AvgIpc) is 2.16. The van der Waals surface area contributed by atoms with Gasteiger partial charge in [-0.05, 0) is 25.1 Å². The van der Waals surface area contributed by atoms with Crippen LogP contribution in [0.15, 0.2) is 31.0 Å². The van der Waals surface area contributed by atoms with Crippen molar-refractivity contribution in [1.29, 1.82) is 0 Å². The van der Waals surface area contributed by atoms with E-state index >= 15 is 0 Å². The van der Waals surface area contributed by atoms with Gasteiger partial charge in [0, 0.05) is 11.9 Å². The second-order valence-corrected chi connectivity index (χ2v) is 3.00. The third kappa shape index (κ3) is 2.67. The highest BCUT2D eigenvalue weighted by atomic mass is 14.9. The molecule has 0 aliphatic rings. The zero-order valence-corrected chi connectivity index (χ0v) is 8.25. The summed E-state index contributed by atoms with van der Waals surface area (Å²) in [4.78, 5) is 4.24. The second-order valence-electron chi connectivity index (χ2n) is 3.00. The van der Waals surface area contributed by atoms with Crippen molar-refractivity contribution in [3.8, 4) is 0 Å². The van der Waals surface area contributed by atoms with Gasteiger partial charge in [0.05, 0.1) is 6.04 Å². The first-order valence-electron chi connectivity index (χ1n) is 4.56. The number of aromatic nitrogens is 1. The minimum absolute atomic E-state index is 0.220. The van der Waals surface area contributed by atoms with Crippen molar-refractivity contribution in [2.24, 2.45) is 0 Å². The highest BCUT2D eigenvalue weighted by molar-refractivity contribution is 5.20. The molecule has 13 heavy (non-hydrogen) atoms. The zero-order chi connectivity index (χ0) is 9.68. The van der Waals surface area contributed by atoms with Crippen LogP contribution < -0.4 is 5.32 Å². The Hall–Kier alpha value is -1.15. The normalized spacial score (nSPS) is 12.5. The molecule has 0 spiro atoms. The highest BCUT2D eigenvalue weighted by Gasteiger charge is 2.04. The van der Waals surface area contributed by atoms with Gasteiger partial charge >= 0.3 is 0 Å². The molecule has 1 heterocycles. The van der Waals surface area contributed by atoms with Crippen LogP contribution in [0.25, 0.3) is 0 Å². The van der Waals surface area contributed by atoms with E-state index in [1.54, 1.807) is 0 Å². The van der Waals surface area contributed by atoms with Crippen LogP contribution in [0.2, 0.25) is 0 Å². The predicted octanol–water partition coefficient (Wildman–Crippen LogP) is 2.23. The van der Waals surface area contributed by atoms with E-state index in [1.165, 1.54) is 5.56 Å². The van der Waals surface area contributed by atoms with Crippen molar-refractivity contribution < 1.29 is 0 Å². The third-order valence-electron chi connectivity index (χ3n) is 1.95. The Morgan fingerprint density at radius 3 is 2.85 bits per heavy atom. The maximum absolute atomic E-state index is 4.24. The maximum Gasteiger partial charge on any atom is 0.0518 e. The third-order valence-corrected chi connectivity index (χ3v) is 1.95. The van der Waals surface area contributed by atoms with Gasteiger partial charge in [-0.15, -0.1) is 6.58 Å². The SMILES string of the molecule is C=CC(NCC)c1ccc(C)nc1. The van der Waals surface area contributed by atoms with Crippen LogP contribution in [-0.2, 0) is 0 Å². The number of likely N-dealkylation sites (N-methyl/N-ethyl adjacent to an activating group) is 1. The largest absolute Gasteiger partial charge is 0.307 e. The Balaban J connectivity index is 2.79. The summed E-state index contributed by atoms with van der Waals surface area (Å²) in [6, 6.07) is 4.32. The minimum Gasteiger partial charge on any atom is -0.307 e. The molecule has 2 nitrogen and oxygen atoms in total. The van der Waals surface area contributed by atoms with Gasteiger partial charge in [-0.25, -0.2) is 0 Å². The van der Waals surface area contributed by atoms with E-state index in [2.05, 4.69) is 29.9 Å². The molecule has 0 radical (unpaired) electrons. The van der Waals surface area contributed by atoms with Crippen LogP contribution >= 0.6 is 0 Å². The molecule has 1 unspecified atom stereocenters. The van der Waals surface area contributed by atoms with Gasteiger partial charge in [-0.2, -0.15) is 0 Å². The summed E-state index contributed by atoms with van der Waals surface area (Å²) in [6.07, 6.45) is 3.79. The van der Waals surface area contributed by atoms with Gasteiger partial charge < -0.3 is 5.32 Å². The molecule has 0 fully saturated rings. The molecule has 0 aliphatic heterocycles. The monoisotopic (exact) mass is 176 g/mol. The molecule has 70 valence electrons. The quantitative estimate of drug-likeness (QED) is 0.711. The fourth-order valence-corrected chi connectivity index (χ4v) is 1.22. The van der Waals surface area contributed by atoms with Gasteiger partial charge in [0.25, 0.3) is 0 Å². The summed E-state index contributed by atoms with van der Waals surface area (Å²) in [5.74, 6) is 0. The van der Waals surface area contributed by atoms with E-state index in [9.17, 15) is 0 Å². The summed E-state index contributed by atoms with van der Waals surface area (Å²) in [7, 11) is 0. The lowest BCUT2D eigenvalue weighted by Crippen LogP contribution is -2.18. The Morgan fingerprint density at radius 2 is 2.38 bits per heavy atom. The van der Waals surface area contributed by atoms with Crippen molar-refractivity contribution in [2.75, 3.05) is 6.54 Å². The minimum atomic E-state index is 0.220. The van der Waals surface area contributed by atoms with Crippen LogP contribution in [-0.4, -0.2) is 11.5 Å². The number of nitrogens with zero attached hydrogens (tertiary/aromatic N) is 1. The molecule has 0 bridgehead atoms. The topological polar surface area (TPSA) is 24.9 Å². The molecule has 0 saturated carbocycles. The van der Waals surface area contributed by atoms with Crippen LogP contribution in [0.5, 0.6) is 0 Å². The predicted molar refractivity (Wildman–Crippen MR) is 55.6 cm³/mol. The average molecular weight is 176 g/mol. The van der Waals surface area contributed by atoms with Gasteiger partial charge in [0.15, 0.2) is 0 Å². The van der Waals surface area contributed by atoms with E-state index in [0.717, 1.165) is 12.2 Å². The molecule has 1 N–H and O–H groups in total. The first kappa shape index (κ1) is 9.93. The molecule has 1 aromatic heterocycles.